The van der Waals surface area contributed by atoms with Crippen LogP contribution in [0.5, 0.6) is 0 Å². The first kappa shape index (κ1) is 23.7. The van der Waals surface area contributed by atoms with Crippen LogP contribution in [0.25, 0.3) is 31.3 Å². The van der Waals surface area contributed by atoms with Gasteiger partial charge in [-0.1, -0.05) is 15.3 Å². The van der Waals surface area contributed by atoms with Gasteiger partial charge in [0.1, 0.15) is 0 Å². The highest BCUT2D eigenvalue weighted by molar-refractivity contribution is 4.89. The minimum Gasteiger partial charge on any atom is -0.394 e. The summed E-state index contributed by atoms with van der Waals surface area (Å²) in [5.74, 6) is 0. The van der Waals surface area contributed by atoms with Crippen molar-refractivity contribution in [3.8, 4) is 0 Å². The number of hydrogen-bond acceptors (Lipinski definition) is 8. The lowest BCUT2D eigenvalue weighted by Crippen LogP contribution is -2.43. The van der Waals surface area contributed by atoms with Crippen LogP contribution in [0, 0.1) is 0 Å². The minimum absolute atomic E-state index is 0.0242. The van der Waals surface area contributed by atoms with Gasteiger partial charge in [0.25, 0.3) is 0 Å². The Labute approximate surface area is 149 Å². The third-order valence-corrected chi connectivity index (χ3v) is 2.88. The van der Waals surface area contributed by atoms with Crippen LogP contribution in [-0.2, 0) is 18.9 Å². The second-order valence-electron chi connectivity index (χ2n) is 4.76. The van der Waals surface area contributed by atoms with Crippen LogP contribution in [-0.4, -0.2) is 83.2 Å². The summed E-state index contributed by atoms with van der Waals surface area (Å²) in [6.07, 6.45) is 0. The summed E-state index contributed by atoms with van der Waals surface area (Å²) in [7, 11) is 0. The lowest BCUT2D eigenvalue weighted by Gasteiger charge is -2.29. The van der Waals surface area contributed by atoms with E-state index in [0.717, 1.165) is 0 Å². The van der Waals surface area contributed by atoms with Gasteiger partial charge in [-0.3, -0.25) is 0 Å². The number of aliphatic hydroxyl groups is 1. The van der Waals surface area contributed by atoms with Crippen LogP contribution in [0.4, 0.5) is 0 Å². The van der Waals surface area contributed by atoms with Gasteiger partial charge in [-0.2, -0.15) is 0 Å². The molecule has 1 N–H and O–H groups in total. The monoisotopic (exact) mass is 373 g/mol. The molecule has 0 aliphatic heterocycles. The van der Waals surface area contributed by atoms with Crippen LogP contribution >= 0.6 is 0 Å². The van der Waals surface area contributed by atoms with Crippen molar-refractivity contribution in [1.29, 1.82) is 0 Å². The van der Waals surface area contributed by atoms with E-state index in [1.54, 1.807) is 0 Å². The van der Waals surface area contributed by atoms with Gasteiger partial charge in [0.2, 0.25) is 0 Å². The normalized spacial score (nSPS) is 12.3. The molecular formula is C12H23N9O5. The van der Waals surface area contributed by atoms with Gasteiger partial charge < -0.3 is 24.1 Å². The predicted octanol–water partition coefficient (Wildman–Crippen LogP) is 1.71. The number of ether oxygens (including phenoxy) is 4. The molecule has 0 aromatic rings. The minimum atomic E-state index is -1.21. The molecule has 0 unspecified atom stereocenters. The topological polar surface area (TPSA) is 203 Å². The largest absolute Gasteiger partial charge is 0.394 e. The van der Waals surface area contributed by atoms with Crippen LogP contribution in [0.2, 0.25) is 0 Å². The van der Waals surface area contributed by atoms with Gasteiger partial charge in [0.15, 0.2) is 0 Å². The molecule has 26 heavy (non-hydrogen) atoms. The summed E-state index contributed by atoms with van der Waals surface area (Å²) in [5.41, 5.74) is 24.2. The molecule has 0 radical (unpaired) electrons. The van der Waals surface area contributed by atoms with Crippen molar-refractivity contribution in [3.63, 3.8) is 0 Å². The molecule has 0 aromatic heterocycles. The van der Waals surface area contributed by atoms with Gasteiger partial charge in [0.05, 0.1) is 78.1 Å². The highest BCUT2D eigenvalue weighted by Crippen LogP contribution is 2.15. The van der Waals surface area contributed by atoms with Crippen LogP contribution in [0.1, 0.15) is 0 Å². The van der Waals surface area contributed by atoms with Crippen LogP contribution in [0.15, 0.2) is 15.3 Å². The summed E-state index contributed by atoms with van der Waals surface area (Å²) in [6.45, 7) is 1.61. The molecule has 0 saturated carbocycles. The maximum atomic E-state index is 8.52. The van der Waals surface area contributed by atoms with Gasteiger partial charge in [-0.25, -0.2) is 0 Å². The average molecular weight is 373 g/mol. The van der Waals surface area contributed by atoms with E-state index in [4.69, 9.17) is 40.6 Å². The van der Waals surface area contributed by atoms with E-state index in [1.807, 2.05) is 0 Å². The van der Waals surface area contributed by atoms with E-state index in [-0.39, 0.29) is 46.1 Å². The van der Waals surface area contributed by atoms with Crippen molar-refractivity contribution < 1.29 is 24.1 Å². The third-order valence-electron chi connectivity index (χ3n) is 2.88. The number of azide groups is 3. The molecule has 0 saturated heterocycles. The highest BCUT2D eigenvalue weighted by Gasteiger charge is 2.29. The molecule has 0 aromatic carbocycles. The van der Waals surface area contributed by atoms with Gasteiger partial charge >= 0.3 is 0 Å². The summed E-state index contributed by atoms with van der Waals surface area (Å²) in [4.78, 5) is 7.94. The molecule has 0 aliphatic rings. The van der Waals surface area contributed by atoms with Crippen LogP contribution in [0.3, 0.4) is 0 Å². The van der Waals surface area contributed by atoms with Crippen molar-refractivity contribution in [1.82, 2.24) is 0 Å². The predicted molar refractivity (Wildman–Crippen MR) is 90.3 cm³/mol. The maximum Gasteiger partial charge on any atom is 0.0852 e. The first-order valence-electron chi connectivity index (χ1n) is 7.75. The molecule has 0 atom stereocenters. The first-order valence-corrected chi connectivity index (χ1v) is 7.75. The summed E-state index contributed by atoms with van der Waals surface area (Å²) >= 11 is 0. The number of nitrogens with zero attached hydrogens (tertiary/aromatic N) is 9. The Morgan fingerprint density at radius 2 is 1.04 bits per heavy atom. The molecule has 14 heteroatoms. The second-order valence-corrected chi connectivity index (χ2v) is 4.76. The van der Waals surface area contributed by atoms with E-state index in [9.17, 15) is 0 Å². The zero-order valence-electron chi connectivity index (χ0n) is 14.4. The Hall–Kier alpha value is -2.27. The quantitative estimate of drug-likeness (QED) is 0.164. The average Bonchev–Trinajstić information content (AvgIpc) is 2.66. The standard InChI is InChI=1S/C12H23N9O5/c13-19-16-9-12(10-17-20-14,11-18-21-15)26-8-7-25-6-5-24-4-3-23-2-1-22/h22H,1-11H2. The number of aliphatic hydroxyl groups excluding tert-OH is 1. The van der Waals surface area contributed by atoms with Crippen LogP contribution < -0.4 is 0 Å². The lowest BCUT2D eigenvalue weighted by atomic mass is 10.1. The Balaban J connectivity index is 4.12. The highest BCUT2D eigenvalue weighted by atomic mass is 16.6. The molecule has 0 amide bonds. The van der Waals surface area contributed by atoms with E-state index < -0.39 is 5.60 Å². The number of rotatable bonds is 18. The fourth-order valence-corrected chi connectivity index (χ4v) is 1.69. The Bertz CT molecular complexity index is 451. The third kappa shape index (κ3) is 13.1. The fourth-order valence-electron chi connectivity index (χ4n) is 1.69. The van der Waals surface area contributed by atoms with E-state index in [1.165, 1.54) is 0 Å². The molecule has 0 spiro atoms. The Morgan fingerprint density at radius 3 is 1.42 bits per heavy atom. The van der Waals surface area contributed by atoms with Gasteiger partial charge in [0, 0.05) is 14.7 Å². The molecule has 14 nitrogen and oxygen atoms in total. The van der Waals surface area contributed by atoms with Gasteiger partial charge in [-0.15, -0.1) is 0 Å². The summed E-state index contributed by atoms with van der Waals surface area (Å²) in [6, 6.07) is 0. The maximum absolute atomic E-state index is 8.52. The van der Waals surface area contributed by atoms with E-state index in [0.29, 0.717) is 26.4 Å². The Kier molecular flexibility index (Phi) is 16.0. The van der Waals surface area contributed by atoms with Gasteiger partial charge in [-0.05, 0) is 16.6 Å². The van der Waals surface area contributed by atoms with Crippen molar-refractivity contribution in [2.24, 2.45) is 15.3 Å². The van der Waals surface area contributed by atoms with E-state index >= 15 is 0 Å². The summed E-state index contributed by atoms with van der Waals surface area (Å²) in [5, 5.41) is 18.8. The number of hydrogen-bond donors (Lipinski definition) is 1. The molecule has 0 aliphatic carbocycles. The molecule has 0 fully saturated rings. The SMILES string of the molecule is [N-]=[N+]=NCC(CN=[N+]=[N-])(CN=[N+]=[N-])OCCOCCOCCOCCO. The van der Waals surface area contributed by atoms with Crippen molar-refractivity contribution in [3.05, 3.63) is 31.3 Å². The van der Waals surface area contributed by atoms with E-state index in [2.05, 4.69) is 30.1 Å². The van der Waals surface area contributed by atoms with Crippen molar-refractivity contribution in [2.75, 3.05) is 72.5 Å². The second kappa shape index (κ2) is 17.5. The van der Waals surface area contributed by atoms with Crippen molar-refractivity contribution >= 4 is 0 Å². The molecular weight excluding hydrogens is 350 g/mol. The first-order chi connectivity index (χ1) is 12.7. The summed E-state index contributed by atoms with van der Waals surface area (Å²) < 4.78 is 21.2. The molecule has 146 valence electrons. The fraction of sp³-hybridized carbons (Fsp3) is 1.00. The zero-order valence-corrected chi connectivity index (χ0v) is 14.4. The zero-order chi connectivity index (χ0) is 19.3. The van der Waals surface area contributed by atoms with Crippen molar-refractivity contribution in [2.45, 2.75) is 5.60 Å². The Morgan fingerprint density at radius 1 is 0.654 bits per heavy atom. The molecule has 0 rings (SSSR count). The smallest absolute Gasteiger partial charge is 0.0852 e. The molecule has 0 heterocycles. The lowest BCUT2D eigenvalue weighted by molar-refractivity contribution is -0.0582. The molecule has 0 bridgehead atoms.